The van der Waals surface area contributed by atoms with E-state index in [1.54, 1.807) is 0 Å². The van der Waals surface area contributed by atoms with Gasteiger partial charge < -0.3 is 0 Å². The van der Waals surface area contributed by atoms with Crippen LogP contribution in [-0.2, 0) is 0 Å². The highest BCUT2D eigenvalue weighted by molar-refractivity contribution is 7.97. The quantitative estimate of drug-likeness (QED) is 0.324. The highest BCUT2D eigenvalue weighted by Gasteiger charge is 1.92. The van der Waals surface area contributed by atoms with Gasteiger partial charge in [0.2, 0.25) is 0 Å². The second-order valence-corrected chi connectivity index (χ2v) is 5.91. The first-order chi connectivity index (χ1) is 8.41. The molecule has 2 heteroatoms. The molecule has 0 saturated heterocycles. The molecule has 0 aromatic heterocycles. The largest absolute Gasteiger partial charge is 0.264 e. The molecule has 0 heterocycles. The molecular formula is C15H33NS. The first kappa shape index (κ1) is 17.3. The normalized spacial score (nSPS) is 10.9. The van der Waals surface area contributed by atoms with Gasteiger partial charge in [0.15, 0.2) is 0 Å². The van der Waals surface area contributed by atoms with Crippen LogP contribution in [0.3, 0.4) is 0 Å². The van der Waals surface area contributed by atoms with E-state index in [0.717, 1.165) is 0 Å². The van der Waals surface area contributed by atoms with Gasteiger partial charge >= 0.3 is 0 Å². The third-order valence-electron chi connectivity index (χ3n) is 3.08. The van der Waals surface area contributed by atoms with E-state index in [2.05, 4.69) is 18.6 Å². The predicted molar refractivity (Wildman–Crippen MR) is 82.6 cm³/mol. The minimum Gasteiger partial charge on any atom is -0.264 e. The molecule has 0 amide bonds. The molecule has 0 aromatic carbocycles. The first-order valence-corrected chi connectivity index (χ1v) is 8.75. The number of hydrogen-bond donors (Lipinski definition) is 1. The van der Waals surface area contributed by atoms with Gasteiger partial charge in [0.05, 0.1) is 0 Å². The minimum atomic E-state index is 1.20. The molecule has 0 saturated carbocycles. The van der Waals surface area contributed by atoms with Crippen LogP contribution in [0.1, 0.15) is 84.5 Å². The zero-order valence-electron chi connectivity index (χ0n) is 12.1. The fraction of sp³-hybridized carbons (Fsp3) is 1.00. The zero-order chi connectivity index (χ0) is 12.6. The summed E-state index contributed by atoms with van der Waals surface area (Å²) in [4.78, 5) is 0. The Hall–Kier alpha value is 0.310. The Labute approximate surface area is 114 Å². The molecule has 0 radical (unpaired) electrons. The van der Waals surface area contributed by atoms with E-state index in [1.807, 2.05) is 11.9 Å². The molecule has 0 aliphatic heterocycles. The molecule has 1 N–H and O–H groups in total. The maximum absolute atomic E-state index is 3.46. The smallest absolute Gasteiger partial charge is 0.00785 e. The molecule has 0 spiro atoms. The lowest BCUT2D eigenvalue weighted by atomic mass is 10.1. The minimum absolute atomic E-state index is 1.20. The summed E-state index contributed by atoms with van der Waals surface area (Å²) in [5, 5.41) is 0. The summed E-state index contributed by atoms with van der Waals surface area (Å²) in [5.41, 5.74) is 0. The second kappa shape index (κ2) is 16.3. The Morgan fingerprint density at radius 3 is 1.76 bits per heavy atom. The maximum atomic E-state index is 3.46. The molecule has 0 aromatic rings. The zero-order valence-corrected chi connectivity index (χ0v) is 12.9. The van der Waals surface area contributed by atoms with E-state index < -0.39 is 0 Å². The van der Waals surface area contributed by atoms with E-state index in [0.29, 0.717) is 0 Å². The summed E-state index contributed by atoms with van der Waals surface area (Å²) in [7, 11) is 0. The fourth-order valence-electron chi connectivity index (χ4n) is 1.87. The van der Waals surface area contributed by atoms with Crippen molar-refractivity contribution in [3.05, 3.63) is 0 Å². The van der Waals surface area contributed by atoms with Gasteiger partial charge in [-0.3, -0.25) is 4.72 Å². The van der Waals surface area contributed by atoms with Crippen molar-refractivity contribution in [3.63, 3.8) is 0 Å². The summed E-state index contributed by atoms with van der Waals surface area (Å²) < 4.78 is 3.46. The lowest BCUT2D eigenvalue weighted by Gasteiger charge is -2.04. The van der Waals surface area contributed by atoms with Gasteiger partial charge in [0.25, 0.3) is 0 Å². The summed E-state index contributed by atoms with van der Waals surface area (Å²) in [6.45, 7) is 5.73. The number of nitrogens with one attached hydrogen (secondary N) is 1. The van der Waals surface area contributed by atoms with Crippen molar-refractivity contribution in [1.29, 1.82) is 0 Å². The average molecular weight is 260 g/mol. The van der Waals surface area contributed by atoms with Crippen molar-refractivity contribution < 1.29 is 0 Å². The van der Waals surface area contributed by atoms with Gasteiger partial charge in [-0.25, -0.2) is 0 Å². The molecule has 0 unspecified atom stereocenters. The predicted octanol–water partition coefficient (Wildman–Crippen LogP) is 5.56. The standard InChI is InChI=1S/C15H33NS/c1-3-5-7-8-9-10-11-12-13-14-16-17-15-6-4-2/h16H,3-15H2,1-2H3. The van der Waals surface area contributed by atoms with Crippen LogP contribution >= 0.6 is 11.9 Å². The van der Waals surface area contributed by atoms with Crippen LogP contribution in [0.2, 0.25) is 0 Å². The highest BCUT2D eigenvalue weighted by Crippen LogP contribution is 2.09. The van der Waals surface area contributed by atoms with Crippen molar-refractivity contribution in [2.24, 2.45) is 0 Å². The van der Waals surface area contributed by atoms with Gasteiger partial charge in [-0.15, -0.1) is 0 Å². The Morgan fingerprint density at radius 1 is 0.647 bits per heavy atom. The van der Waals surface area contributed by atoms with Gasteiger partial charge in [-0.1, -0.05) is 83.6 Å². The summed E-state index contributed by atoms with van der Waals surface area (Å²) in [6.07, 6.45) is 15.5. The van der Waals surface area contributed by atoms with Crippen LogP contribution in [0.15, 0.2) is 0 Å². The average Bonchev–Trinajstić information content (AvgIpc) is 2.35. The molecule has 0 bridgehead atoms. The van der Waals surface area contributed by atoms with Crippen LogP contribution in [0.4, 0.5) is 0 Å². The molecule has 0 aliphatic carbocycles. The molecular weight excluding hydrogens is 226 g/mol. The van der Waals surface area contributed by atoms with Gasteiger partial charge in [0, 0.05) is 12.3 Å². The second-order valence-electron chi connectivity index (χ2n) is 4.92. The molecule has 0 atom stereocenters. The van der Waals surface area contributed by atoms with Crippen LogP contribution in [0.25, 0.3) is 0 Å². The highest BCUT2D eigenvalue weighted by atomic mass is 32.2. The summed E-state index contributed by atoms with van der Waals surface area (Å²) in [5.74, 6) is 1.27. The van der Waals surface area contributed by atoms with Gasteiger partial charge in [-0.2, -0.15) is 0 Å². The van der Waals surface area contributed by atoms with Crippen LogP contribution in [0, 0.1) is 0 Å². The molecule has 17 heavy (non-hydrogen) atoms. The van der Waals surface area contributed by atoms with E-state index in [9.17, 15) is 0 Å². The van der Waals surface area contributed by atoms with Gasteiger partial charge in [0.1, 0.15) is 0 Å². The SMILES string of the molecule is CCCCCCCCCCCNSCCCC. The summed E-state index contributed by atoms with van der Waals surface area (Å²) in [6, 6.07) is 0. The topological polar surface area (TPSA) is 12.0 Å². The molecule has 0 rings (SSSR count). The van der Waals surface area contributed by atoms with E-state index in [-0.39, 0.29) is 0 Å². The number of hydrogen-bond acceptors (Lipinski definition) is 2. The van der Waals surface area contributed by atoms with Crippen molar-refractivity contribution in [2.45, 2.75) is 84.5 Å². The molecule has 0 aliphatic rings. The van der Waals surface area contributed by atoms with E-state index in [1.165, 1.54) is 82.9 Å². The molecule has 0 fully saturated rings. The Bertz CT molecular complexity index is 114. The van der Waals surface area contributed by atoms with E-state index >= 15 is 0 Å². The molecule has 104 valence electrons. The summed E-state index contributed by atoms with van der Waals surface area (Å²) >= 11 is 1.91. The lowest BCUT2D eigenvalue weighted by molar-refractivity contribution is 0.564. The Morgan fingerprint density at radius 2 is 1.18 bits per heavy atom. The van der Waals surface area contributed by atoms with Crippen LogP contribution in [-0.4, -0.2) is 12.3 Å². The van der Waals surface area contributed by atoms with E-state index in [4.69, 9.17) is 0 Å². The van der Waals surface area contributed by atoms with Crippen molar-refractivity contribution in [1.82, 2.24) is 4.72 Å². The fourth-order valence-corrected chi connectivity index (χ4v) is 2.73. The first-order valence-electron chi connectivity index (χ1n) is 7.76. The van der Waals surface area contributed by atoms with Crippen molar-refractivity contribution in [3.8, 4) is 0 Å². The van der Waals surface area contributed by atoms with Crippen molar-refractivity contribution >= 4 is 11.9 Å². The molecule has 1 nitrogen and oxygen atoms in total. The van der Waals surface area contributed by atoms with Crippen molar-refractivity contribution in [2.75, 3.05) is 12.3 Å². The Kier molecular flexibility index (Phi) is 16.6. The van der Waals surface area contributed by atoms with Crippen LogP contribution < -0.4 is 4.72 Å². The number of unbranched alkanes of at least 4 members (excludes halogenated alkanes) is 9. The Balaban J connectivity index is 2.85. The van der Waals surface area contributed by atoms with Gasteiger partial charge in [-0.05, 0) is 12.8 Å². The maximum Gasteiger partial charge on any atom is 0.00785 e. The third kappa shape index (κ3) is 16.3. The van der Waals surface area contributed by atoms with Crippen LogP contribution in [0.5, 0.6) is 0 Å². The third-order valence-corrected chi connectivity index (χ3v) is 3.99. The monoisotopic (exact) mass is 259 g/mol. The number of rotatable bonds is 14. The lowest BCUT2D eigenvalue weighted by Crippen LogP contribution is -2.06.